The van der Waals surface area contributed by atoms with E-state index < -0.39 is 27.0 Å². The van der Waals surface area contributed by atoms with E-state index in [9.17, 15) is 18.0 Å². The molecule has 2 amide bonds. The number of rotatable bonds is 6. The fraction of sp³-hybridized carbons (Fsp3) is 0.381. The minimum absolute atomic E-state index is 0.0677. The van der Waals surface area contributed by atoms with Crippen LogP contribution in [0.15, 0.2) is 53.7 Å². The molecule has 1 aliphatic carbocycles. The third-order valence-corrected chi connectivity index (χ3v) is 7.53. The molecular weight excluding hydrogens is 390 g/mol. The number of aromatic nitrogens is 1. The van der Waals surface area contributed by atoms with Crippen LogP contribution >= 0.6 is 0 Å². The lowest BCUT2D eigenvalue weighted by molar-refractivity contribution is -0.121. The molecule has 0 bridgehead atoms. The number of carbonyl (C=O) groups is 2. The molecule has 2 atom stereocenters. The Morgan fingerprint density at radius 3 is 2.48 bits per heavy atom. The first-order chi connectivity index (χ1) is 13.9. The maximum absolute atomic E-state index is 13.0. The van der Waals surface area contributed by atoms with Crippen molar-refractivity contribution >= 4 is 27.3 Å². The van der Waals surface area contributed by atoms with Crippen LogP contribution in [0.2, 0.25) is 0 Å². The van der Waals surface area contributed by atoms with E-state index in [1.54, 1.807) is 30.6 Å². The Morgan fingerprint density at radius 1 is 1.10 bits per heavy atom. The second-order valence-corrected chi connectivity index (χ2v) is 9.45. The first-order valence-corrected chi connectivity index (χ1v) is 11.2. The normalized spacial score (nSPS) is 19.3. The summed E-state index contributed by atoms with van der Waals surface area (Å²) in [5.41, 5.74) is 1.36. The molecule has 1 heterocycles. The van der Waals surface area contributed by atoms with E-state index in [0.29, 0.717) is 25.1 Å². The monoisotopic (exact) mass is 415 g/mol. The number of carbonyl (C=O) groups excluding carboxylic acids is 2. The highest BCUT2D eigenvalue weighted by Gasteiger charge is 2.38. The summed E-state index contributed by atoms with van der Waals surface area (Å²) in [5.74, 6) is -0.508. The Hall–Kier alpha value is -2.74. The summed E-state index contributed by atoms with van der Waals surface area (Å²) >= 11 is 0. The summed E-state index contributed by atoms with van der Waals surface area (Å²) < 4.78 is 26.1. The topological polar surface area (TPSA) is 105 Å². The maximum atomic E-state index is 13.0. The molecule has 0 radical (unpaired) electrons. The lowest BCUT2D eigenvalue weighted by atomic mass is 9.86. The third-order valence-electron chi connectivity index (χ3n) is 5.24. The molecule has 0 aliphatic heterocycles. The van der Waals surface area contributed by atoms with Crippen molar-refractivity contribution in [2.45, 2.75) is 49.3 Å². The minimum atomic E-state index is -3.60. The van der Waals surface area contributed by atoms with Crippen LogP contribution in [-0.2, 0) is 21.2 Å². The molecule has 8 heteroatoms. The van der Waals surface area contributed by atoms with Gasteiger partial charge in [-0.05, 0) is 55.7 Å². The van der Waals surface area contributed by atoms with Crippen molar-refractivity contribution in [3.8, 4) is 0 Å². The number of benzene rings is 1. The number of hydrogen-bond acceptors (Lipinski definition) is 5. The lowest BCUT2D eigenvalue weighted by Crippen LogP contribution is -2.36. The van der Waals surface area contributed by atoms with E-state index in [1.807, 2.05) is 6.07 Å². The van der Waals surface area contributed by atoms with Crippen LogP contribution in [0.3, 0.4) is 0 Å². The van der Waals surface area contributed by atoms with E-state index in [4.69, 9.17) is 0 Å². The fourth-order valence-electron chi connectivity index (χ4n) is 3.70. The van der Waals surface area contributed by atoms with Gasteiger partial charge in [-0.25, -0.2) is 13.2 Å². The molecule has 1 fully saturated rings. The predicted octanol–water partition coefficient (Wildman–Crippen LogP) is 3.32. The Labute approximate surface area is 170 Å². The molecule has 0 spiro atoms. The Morgan fingerprint density at radius 2 is 1.83 bits per heavy atom. The smallest absolute Gasteiger partial charge is 0.319 e. The van der Waals surface area contributed by atoms with Gasteiger partial charge in [0.2, 0.25) is 0 Å². The van der Waals surface area contributed by atoms with Gasteiger partial charge in [0.15, 0.2) is 9.84 Å². The van der Waals surface area contributed by atoms with Gasteiger partial charge in [0, 0.05) is 30.5 Å². The standard InChI is InChI=1S/C21H25N3O4S/c1-15(25)19-6-2-3-7-20(19)29(27,28)18-10-8-17(9-11-18)24-21(26)23-14-16-5-4-12-22-13-16/h4-5,8-13,19-20H,2-3,6-7,14H2,1H3,(H2,23,24,26). The molecule has 1 aliphatic rings. The fourth-order valence-corrected chi connectivity index (χ4v) is 5.80. The van der Waals surface area contributed by atoms with Gasteiger partial charge in [-0.15, -0.1) is 0 Å². The predicted molar refractivity (Wildman–Crippen MR) is 110 cm³/mol. The van der Waals surface area contributed by atoms with Crippen LogP contribution in [0.5, 0.6) is 0 Å². The number of amides is 2. The van der Waals surface area contributed by atoms with Crippen molar-refractivity contribution in [3.05, 3.63) is 54.4 Å². The van der Waals surface area contributed by atoms with Crippen LogP contribution < -0.4 is 10.6 Å². The van der Waals surface area contributed by atoms with Gasteiger partial charge in [0.1, 0.15) is 5.78 Å². The van der Waals surface area contributed by atoms with E-state index >= 15 is 0 Å². The van der Waals surface area contributed by atoms with Crippen LogP contribution in [0.4, 0.5) is 10.5 Å². The first-order valence-electron chi connectivity index (χ1n) is 9.66. The van der Waals surface area contributed by atoms with Crippen LogP contribution in [0, 0.1) is 5.92 Å². The zero-order chi connectivity index (χ0) is 20.9. The molecule has 1 aromatic carbocycles. The van der Waals surface area contributed by atoms with E-state index in [0.717, 1.165) is 18.4 Å². The van der Waals surface area contributed by atoms with Gasteiger partial charge < -0.3 is 10.6 Å². The Bertz CT molecular complexity index is 959. The van der Waals surface area contributed by atoms with E-state index in [-0.39, 0.29) is 10.7 Å². The van der Waals surface area contributed by atoms with Gasteiger partial charge in [-0.3, -0.25) is 9.78 Å². The zero-order valence-electron chi connectivity index (χ0n) is 16.3. The molecule has 2 unspecified atom stereocenters. The summed E-state index contributed by atoms with van der Waals surface area (Å²) in [5, 5.41) is 4.72. The number of anilines is 1. The van der Waals surface area contributed by atoms with Crippen molar-refractivity contribution in [1.82, 2.24) is 10.3 Å². The number of nitrogens with one attached hydrogen (secondary N) is 2. The molecule has 0 saturated heterocycles. The first kappa shape index (κ1) is 21.0. The van der Waals surface area contributed by atoms with Gasteiger partial charge in [-0.1, -0.05) is 18.9 Å². The number of Topliss-reactive ketones (excluding diaryl/α,β-unsaturated/α-hetero) is 1. The van der Waals surface area contributed by atoms with Crippen LogP contribution in [-0.4, -0.2) is 30.5 Å². The molecule has 1 aromatic heterocycles. The molecule has 2 N–H and O–H groups in total. The molecule has 7 nitrogen and oxygen atoms in total. The van der Waals surface area contributed by atoms with Gasteiger partial charge in [0.05, 0.1) is 10.1 Å². The summed E-state index contributed by atoms with van der Waals surface area (Å²) in [6, 6.07) is 9.33. The van der Waals surface area contributed by atoms with Gasteiger partial charge in [-0.2, -0.15) is 0 Å². The molecule has 3 rings (SSSR count). The van der Waals surface area contributed by atoms with Crippen molar-refractivity contribution in [1.29, 1.82) is 0 Å². The van der Waals surface area contributed by atoms with Gasteiger partial charge >= 0.3 is 6.03 Å². The minimum Gasteiger partial charge on any atom is -0.334 e. The van der Waals surface area contributed by atoms with E-state index in [2.05, 4.69) is 15.6 Å². The number of ketones is 1. The molecular formula is C21H25N3O4S. The highest BCUT2D eigenvalue weighted by Crippen LogP contribution is 2.34. The van der Waals surface area contributed by atoms with Crippen LogP contribution in [0.25, 0.3) is 0 Å². The molecule has 29 heavy (non-hydrogen) atoms. The quantitative estimate of drug-likeness (QED) is 0.753. The van der Waals surface area contributed by atoms with Crippen molar-refractivity contribution in [2.75, 3.05) is 5.32 Å². The maximum Gasteiger partial charge on any atom is 0.319 e. The van der Waals surface area contributed by atoms with E-state index in [1.165, 1.54) is 19.1 Å². The summed E-state index contributed by atoms with van der Waals surface area (Å²) in [4.78, 5) is 28.1. The number of urea groups is 1. The largest absolute Gasteiger partial charge is 0.334 e. The lowest BCUT2D eigenvalue weighted by Gasteiger charge is -2.29. The van der Waals surface area contributed by atoms with Crippen molar-refractivity contribution < 1.29 is 18.0 Å². The zero-order valence-corrected chi connectivity index (χ0v) is 17.1. The van der Waals surface area contributed by atoms with Crippen LogP contribution in [0.1, 0.15) is 38.2 Å². The second-order valence-electron chi connectivity index (χ2n) is 7.28. The van der Waals surface area contributed by atoms with Crippen molar-refractivity contribution in [2.24, 2.45) is 5.92 Å². The number of sulfone groups is 1. The highest BCUT2D eigenvalue weighted by molar-refractivity contribution is 7.92. The number of hydrogen-bond donors (Lipinski definition) is 2. The second kappa shape index (κ2) is 9.17. The molecule has 2 aromatic rings. The highest BCUT2D eigenvalue weighted by atomic mass is 32.2. The molecule has 1 saturated carbocycles. The Balaban J connectivity index is 1.64. The van der Waals surface area contributed by atoms with Gasteiger partial charge in [0.25, 0.3) is 0 Å². The number of nitrogens with zero attached hydrogens (tertiary/aromatic N) is 1. The van der Waals surface area contributed by atoms with Crippen molar-refractivity contribution in [3.63, 3.8) is 0 Å². The third kappa shape index (κ3) is 5.20. The number of pyridine rings is 1. The average molecular weight is 416 g/mol. The SMILES string of the molecule is CC(=O)C1CCCCC1S(=O)(=O)c1ccc(NC(=O)NCc2cccnc2)cc1. The molecule has 154 valence electrons. The summed E-state index contributed by atoms with van der Waals surface area (Å²) in [6.07, 6.45) is 6.14. The average Bonchev–Trinajstić information content (AvgIpc) is 2.73. The summed E-state index contributed by atoms with van der Waals surface area (Å²) in [6.45, 7) is 1.80. The Kier molecular flexibility index (Phi) is 6.64. The summed E-state index contributed by atoms with van der Waals surface area (Å²) in [7, 11) is -3.60.